The Bertz CT molecular complexity index is 409. The highest BCUT2D eigenvalue weighted by atomic mass is 35.5. The summed E-state index contributed by atoms with van der Waals surface area (Å²) in [5.41, 5.74) is 1.63. The molecule has 0 unspecified atom stereocenters. The molecule has 2 heterocycles. The Hall–Kier alpha value is -1.29. The van der Waals surface area contributed by atoms with Crippen molar-refractivity contribution >= 4 is 28.3 Å². The maximum Gasteiger partial charge on any atom is 0.160 e. The zero-order valence-corrected chi connectivity index (χ0v) is 7.18. The van der Waals surface area contributed by atoms with Gasteiger partial charge in [-0.3, -0.25) is 5.10 Å². The van der Waals surface area contributed by atoms with Crippen LogP contribution in [-0.2, 0) is 0 Å². The van der Waals surface area contributed by atoms with Crippen LogP contribution < -0.4 is 5.32 Å². The lowest BCUT2D eigenvalue weighted by atomic mass is 10.3. The van der Waals surface area contributed by atoms with E-state index >= 15 is 0 Å². The second-order valence-corrected chi connectivity index (χ2v) is 2.74. The van der Waals surface area contributed by atoms with Crippen molar-refractivity contribution in [3.63, 3.8) is 0 Å². The summed E-state index contributed by atoms with van der Waals surface area (Å²) < 4.78 is 0. The summed E-state index contributed by atoms with van der Waals surface area (Å²) in [6.07, 6.45) is 1.72. The third-order valence-corrected chi connectivity index (χ3v) is 1.95. The first-order valence-electron chi connectivity index (χ1n) is 3.48. The smallest absolute Gasteiger partial charge is 0.160 e. The van der Waals surface area contributed by atoms with Crippen LogP contribution in [-0.4, -0.2) is 22.2 Å². The summed E-state index contributed by atoms with van der Waals surface area (Å²) in [6.45, 7) is 0. The van der Waals surface area contributed by atoms with Gasteiger partial charge in [-0.1, -0.05) is 11.6 Å². The minimum atomic E-state index is 0.453. The van der Waals surface area contributed by atoms with Gasteiger partial charge in [0.2, 0.25) is 0 Å². The fraction of sp³-hybridized carbons (Fsp3) is 0.143. The first-order valence-corrected chi connectivity index (χ1v) is 3.86. The topological polar surface area (TPSA) is 53.6 Å². The van der Waals surface area contributed by atoms with Crippen molar-refractivity contribution < 1.29 is 0 Å². The van der Waals surface area contributed by atoms with Gasteiger partial charge in [0.05, 0.1) is 17.3 Å². The van der Waals surface area contributed by atoms with Crippen LogP contribution in [0.2, 0.25) is 5.15 Å². The molecule has 62 valence electrons. The molecule has 4 nitrogen and oxygen atoms in total. The number of anilines is 1. The highest BCUT2D eigenvalue weighted by molar-refractivity contribution is 6.34. The summed E-state index contributed by atoms with van der Waals surface area (Å²) in [4.78, 5) is 4.11. The molecule has 0 saturated heterocycles. The Labute approximate surface area is 73.9 Å². The van der Waals surface area contributed by atoms with Gasteiger partial charge in [-0.2, -0.15) is 5.10 Å². The molecule has 0 aliphatic heterocycles. The van der Waals surface area contributed by atoms with Crippen LogP contribution in [0.1, 0.15) is 0 Å². The lowest BCUT2D eigenvalue weighted by Gasteiger charge is -1.96. The third kappa shape index (κ3) is 1.00. The zero-order chi connectivity index (χ0) is 8.55. The van der Waals surface area contributed by atoms with Gasteiger partial charge in [0.1, 0.15) is 0 Å². The molecule has 0 radical (unpaired) electrons. The number of H-pyrrole nitrogens is 1. The van der Waals surface area contributed by atoms with Crippen LogP contribution in [0.25, 0.3) is 11.0 Å². The number of pyridine rings is 1. The van der Waals surface area contributed by atoms with E-state index in [-0.39, 0.29) is 0 Å². The number of hydrogen-bond acceptors (Lipinski definition) is 3. The molecule has 5 heteroatoms. The molecule has 2 aromatic heterocycles. The molecule has 2 N–H and O–H groups in total. The van der Waals surface area contributed by atoms with E-state index in [1.54, 1.807) is 6.20 Å². The van der Waals surface area contributed by atoms with Crippen LogP contribution in [0.5, 0.6) is 0 Å². The maximum atomic E-state index is 5.79. The van der Waals surface area contributed by atoms with Crippen molar-refractivity contribution in [1.82, 2.24) is 15.2 Å². The van der Waals surface area contributed by atoms with Crippen molar-refractivity contribution in [2.45, 2.75) is 0 Å². The largest absolute Gasteiger partial charge is 0.387 e. The molecule has 0 saturated carbocycles. The molecule has 12 heavy (non-hydrogen) atoms. The van der Waals surface area contributed by atoms with E-state index < -0.39 is 0 Å². The highest BCUT2D eigenvalue weighted by Gasteiger charge is 2.03. The lowest BCUT2D eigenvalue weighted by molar-refractivity contribution is 1.10. The number of rotatable bonds is 1. The van der Waals surface area contributed by atoms with E-state index in [2.05, 4.69) is 20.5 Å². The van der Waals surface area contributed by atoms with Crippen molar-refractivity contribution in [2.24, 2.45) is 0 Å². The van der Waals surface area contributed by atoms with Gasteiger partial charge >= 0.3 is 0 Å². The van der Waals surface area contributed by atoms with Gasteiger partial charge in [-0.05, 0) is 6.07 Å². The van der Waals surface area contributed by atoms with E-state index in [1.807, 2.05) is 13.1 Å². The molecular weight excluding hydrogens is 176 g/mol. The summed E-state index contributed by atoms with van der Waals surface area (Å²) in [5.74, 6) is 0. The normalized spacial score (nSPS) is 10.5. The summed E-state index contributed by atoms with van der Waals surface area (Å²) >= 11 is 5.79. The van der Waals surface area contributed by atoms with Crippen LogP contribution in [0.15, 0.2) is 12.3 Å². The standard InChI is InChI=1S/C7H7ClN4/c1-9-4-2-5-6(8)11-12-7(5)10-3-4/h2-3,9H,1H3,(H,10,11,12). The molecule has 0 amide bonds. The predicted octanol–water partition coefficient (Wildman–Crippen LogP) is 1.65. The quantitative estimate of drug-likeness (QED) is 0.705. The van der Waals surface area contributed by atoms with Crippen molar-refractivity contribution in [2.75, 3.05) is 12.4 Å². The molecule has 0 aliphatic carbocycles. The van der Waals surface area contributed by atoms with Crippen molar-refractivity contribution in [1.29, 1.82) is 0 Å². The fourth-order valence-electron chi connectivity index (χ4n) is 1.01. The molecular formula is C7H7ClN4. The highest BCUT2D eigenvalue weighted by Crippen LogP contribution is 2.20. The Kier molecular flexibility index (Phi) is 1.62. The minimum absolute atomic E-state index is 0.453. The number of aromatic nitrogens is 3. The molecule has 0 aliphatic rings. The van der Waals surface area contributed by atoms with Gasteiger partial charge in [0.15, 0.2) is 10.8 Å². The van der Waals surface area contributed by atoms with Crippen LogP contribution in [0.4, 0.5) is 5.69 Å². The second kappa shape index (κ2) is 2.64. The van der Waals surface area contributed by atoms with E-state index in [9.17, 15) is 0 Å². The molecule has 0 spiro atoms. The van der Waals surface area contributed by atoms with Gasteiger partial charge in [0.25, 0.3) is 0 Å². The van der Waals surface area contributed by atoms with E-state index in [4.69, 9.17) is 11.6 Å². The average Bonchev–Trinajstić information content (AvgIpc) is 2.47. The predicted molar refractivity (Wildman–Crippen MR) is 48.4 cm³/mol. The zero-order valence-electron chi connectivity index (χ0n) is 6.43. The Morgan fingerprint density at radius 1 is 1.58 bits per heavy atom. The molecule has 0 fully saturated rings. The van der Waals surface area contributed by atoms with E-state index in [0.717, 1.165) is 11.1 Å². The Morgan fingerprint density at radius 3 is 3.17 bits per heavy atom. The number of fused-ring (bicyclic) bond motifs is 1. The van der Waals surface area contributed by atoms with Gasteiger partial charge < -0.3 is 5.32 Å². The lowest BCUT2D eigenvalue weighted by Crippen LogP contribution is -1.88. The number of aromatic amines is 1. The van der Waals surface area contributed by atoms with E-state index in [1.165, 1.54) is 0 Å². The SMILES string of the molecule is CNc1cnc2[nH]nc(Cl)c2c1. The number of nitrogens with zero attached hydrogens (tertiary/aromatic N) is 2. The third-order valence-electron chi connectivity index (χ3n) is 1.66. The summed E-state index contributed by atoms with van der Waals surface area (Å²) in [6, 6.07) is 1.90. The first-order chi connectivity index (χ1) is 5.81. The minimum Gasteiger partial charge on any atom is -0.387 e. The van der Waals surface area contributed by atoms with Crippen molar-refractivity contribution in [3.8, 4) is 0 Å². The van der Waals surface area contributed by atoms with Gasteiger partial charge in [-0.15, -0.1) is 0 Å². The second-order valence-electron chi connectivity index (χ2n) is 2.38. The summed E-state index contributed by atoms with van der Waals surface area (Å²) in [7, 11) is 1.83. The molecule has 0 atom stereocenters. The monoisotopic (exact) mass is 182 g/mol. The fourth-order valence-corrected chi connectivity index (χ4v) is 1.20. The average molecular weight is 183 g/mol. The maximum absolute atomic E-state index is 5.79. The van der Waals surface area contributed by atoms with Crippen LogP contribution in [0.3, 0.4) is 0 Å². The molecule has 0 aromatic carbocycles. The van der Waals surface area contributed by atoms with Gasteiger partial charge in [-0.25, -0.2) is 4.98 Å². The van der Waals surface area contributed by atoms with Crippen molar-refractivity contribution in [3.05, 3.63) is 17.4 Å². The van der Waals surface area contributed by atoms with Crippen LogP contribution in [0, 0.1) is 0 Å². The van der Waals surface area contributed by atoms with E-state index in [0.29, 0.717) is 10.8 Å². The van der Waals surface area contributed by atoms with Gasteiger partial charge in [0, 0.05) is 7.05 Å². The number of halogens is 1. The Balaban J connectivity index is 2.71. The van der Waals surface area contributed by atoms with Crippen LogP contribution >= 0.6 is 11.6 Å². The first kappa shape index (κ1) is 7.36. The molecule has 2 rings (SSSR count). The summed E-state index contributed by atoms with van der Waals surface area (Å²) in [5, 5.41) is 10.8. The molecule has 2 aromatic rings. The number of hydrogen-bond donors (Lipinski definition) is 2. The Morgan fingerprint density at radius 2 is 2.42 bits per heavy atom. The number of nitrogens with one attached hydrogen (secondary N) is 2. The molecule has 0 bridgehead atoms.